The first-order valence-electron chi connectivity index (χ1n) is 6.54. The minimum Gasteiger partial charge on any atom is -0.489 e. The first kappa shape index (κ1) is 18.3. The Bertz CT molecular complexity index is 575. The largest absolute Gasteiger partial charge is 0.489 e. The Labute approximate surface area is 133 Å². The molecule has 0 saturated heterocycles. The Morgan fingerprint density at radius 1 is 0.955 bits per heavy atom. The summed E-state index contributed by atoms with van der Waals surface area (Å²) in [5.74, 6) is 0.387. The molecule has 22 heavy (non-hydrogen) atoms. The second-order valence-electron chi connectivity index (χ2n) is 4.74. The van der Waals surface area contributed by atoms with Crippen molar-refractivity contribution in [3.63, 3.8) is 0 Å². The van der Waals surface area contributed by atoms with Crippen molar-refractivity contribution in [2.45, 2.75) is 25.2 Å². The molecule has 2 rings (SSSR count). The van der Waals surface area contributed by atoms with E-state index in [1.54, 1.807) is 24.3 Å². The SMILES string of the molecule is Cl.N[C@H](CC(F)(F)F)c1ccccc1OCc1ccccc1. The average molecular weight is 332 g/mol. The summed E-state index contributed by atoms with van der Waals surface area (Å²) in [7, 11) is 0. The van der Waals surface area contributed by atoms with Crippen LogP contribution in [0.15, 0.2) is 54.6 Å². The summed E-state index contributed by atoms with van der Waals surface area (Å²) in [5.41, 5.74) is 6.96. The molecule has 2 aromatic carbocycles. The molecule has 0 aliphatic carbocycles. The summed E-state index contributed by atoms with van der Waals surface area (Å²) in [6.07, 6.45) is -5.37. The molecule has 6 heteroatoms. The Hall–Kier alpha value is -1.72. The first-order valence-corrected chi connectivity index (χ1v) is 6.54. The molecule has 2 N–H and O–H groups in total. The Morgan fingerprint density at radius 3 is 2.18 bits per heavy atom. The summed E-state index contributed by atoms with van der Waals surface area (Å²) < 4.78 is 43.0. The van der Waals surface area contributed by atoms with Gasteiger partial charge in [0.25, 0.3) is 0 Å². The predicted octanol–water partition coefficient (Wildman–Crippen LogP) is 4.64. The maximum absolute atomic E-state index is 12.5. The summed E-state index contributed by atoms with van der Waals surface area (Å²) in [5, 5.41) is 0. The minimum atomic E-state index is -4.30. The van der Waals surface area contributed by atoms with Crippen molar-refractivity contribution in [2.24, 2.45) is 5.73 Å². The fourth-order valence-electron chi connectivity index (χ4n) is 2.01. The van der Waals surface area contributed by atoms with E-state index in [4.69, 9.17) is 10.5 Å². The minimum absolute atomic E-state index is 0. The zero-order valence-electron chi connectivity index (χ0n) is 11.7. The lowest BCUT2D eigenvalue weighted by Crippen LogP contribution is -2.20. The van der Waals surface area contributed by atoms with Crippen molar-refractivity contribution in [1.29, 1.82) is 0 Å². The zero-order chi connectivity index (χ0) is 15.3. The molecule has 120 valence electrons. The summed E-state index contributed by atoms with van der Waals surface area (Å²) >= 11 is 0. The number of benzene rings is 2. The topological polar surface area (TPSA) is 35.2 Å². The average Bonchev–Trinajstić information content (AvgIpc) is 2.45. The van der Waals surface area contributed by atoms with Crippen LogP contribution in [0.1, 0.15) is 23.6 Å². The molecule has 0 bridgehead atoms. The van der Waals surface area contributed by atoms with Crippen LogP contribution in [0.4, 0.5) is 13.2 Å². The number of nitrogens with two attached hydrogens (primary N) is 1. The molecule has 0 spiro atoms. The van der Waals surface area contributed by atoms with Gasteiger partial charge in [-0.15, -0.1) is 12.4 Å². The van der Waals surface area contributed by atoms with E-state index in [1.807, 2.05) is 30.3 Å². The summed E-state index contributed by atoms with van der Waals surface area (Å²) in [6.45, 7) is 0.288. The second kappa shape index (κ2) is 8.06. The smallest absolute Gasteiger partial charge is 0.390 e. The van der Waals surface area contributed by atoms with Crippen molar-refractivity contribution in [3.05, 3.63) is 65.7 Å². The summed E-state index contributed by atoms with van der Waals surface area (Å²) in [4.78, 5) is 0. The van der Waals surface area contributed by atoms with E-state index < -0.39 is 18.6 Å². The van der Waals surface area contributed by atoms with Crippen LogP contribution in [0.25, 0.3) is 0 Å². The van der Waals surface area contributed by atoms with E-state index >= 15 is 0 Å². The van der Waals surface area contributed by atoms with Gasteiger partial charge in [0.1, 0.15) is 12.4 Å². The Balaban J connectivity index is 0.00000242. The van der Waals surface area contributed by atoms with Gasteiger partial charge in [0.05, 0.1) is 6.42 Å². The number of hydrogen-bond acceptors (Lipinski definition) is 2. The van der Waals surface area contributed by atoms with Crippen molar-refractivity contribution in [2.75, 3.05) is 0 Å². The third-order valence-corrected chi connectivity index (χ3v) is 3.01. The highest BCUT2D eigenvalue weighted by Crippen LogP contribution is 2.32. The van der Waals surface area contributed by atoms with Gasteiger partial charge >= 0.3 is 6.18 Å². The fourth-order valence-corrected chi connectivity index (χ4v) is 2.01. The highest BCUT2D eigenvalue weighted by Gasteiger charge is 2.31. The third-order valence-electron chi connectivity index (χ3n) is 3.01. The van der Waals surface area contributed by atoms with E-state index in [0.717, 1.165) is 5.56 Å². The predicted molar refractivity (Wildman–Crippen MR) is 82.1 cm³/mol. The lowest BCUT2D eigenvalue weighted by atomic mass is 10.0. The van der Waals surface area contributed by atoms with Crippen LogP contribution in [0.2, 0.25) is 0 Å². The van der Waals surface area contributed by atoms with Crippen molar-refractivity contribution in [3.8, 4) is 5.75 Å². The van der Waals surface area contributed by atoms with Crippen LogP contribution in [0.3, 0.4) is 0 Å². The highest BCUT2D eigenvalue weighted by atomic mass is 35.5. The lowest BCUT2D eigenvalue weighted by Gasteiger charge is -2.18. The zero-order valence-corrected chi connectivity index (χ0v) is 12.5. The standard InChI is InChI=1S/C16H16F3NO.ClH/c17-16(18,19)10-14(20)13-8-4-5-9-15(13)21-11-12-6-2-1-3-7-12;/h1-9,14H,10-11,20H2;1H/t14-;/m1./s1. The second-order valence-corrected chi connectivity index (χ2v) is 4.74. The van der Waals surface area contributed by atoms with Gasteiger partial charge in [-0.2, -0.15) is 13.2 Å². The number of alkyl halides is 3. The number of rotatable bonds is 5. The van der Waals surface area contributed by atoms with Crippen LogP contribution < -0.4 is 10.5 Å². The van der Waals surface area contributed by atoms with Crippen LogP contribution in [0, 0.1) is 0 Å². The van der Waals surface area contributed by atoms with Gasteiger partial charge in [-0.3, -0.25) is 0 Å². The molecule has 0 aliphatic heterocycles. The quantitative estimate of drug-likeness (QED) is 0.866. The Kier molecular flexibility index (Phi) is 6.71. The molecule has 2 nitrogen and oxygen atoms in total. The maximum Gasteiger partial charge on any atom is 0.390 e. The third kappa shape index (κ3) is 5.58. The number of hydrogen-bond donors (Lipinski definition) is 1. The van der Waals surface area contributed by atoms with Gasteiger partial charge in [0.15, 0.2) is 0 Å². The maximum atomic E-state index is 12.5. The number of para-hydroxylation sites is 1. The van der Waals surface area contributed by atoms with E-state index in [2.05, 4.69) is 0 Å². The van der Waals surface area contributed by atoms with E-state index in [-0.39, 0.29) is 19.0 Å². The van der Waals surface area contributed by atoms with Crippen molar-refractivity contribution in [1.82, 2.24) is 0 Å². The summed E-state index contributed by atoms with van der Waals surface area (Å²) in [6, 6.07) is 14.8. The van der Waals surface area contributed by atoms with Gasteiger partial charge < -0.3 is 10.5 Å². The number of ether oxygens (including phenoxy) is 1. The van der Waals surface area contributed by atoms with Crippen molar-refractivity contribution >= 4 is 12.4 Å². The molecular formula is C16H17ClF3NO. The fraction of sp³-hybridized carbons (Fsp3) is 0.250. The number of halogens is 4. The van der Waals surface area contributed by atoms with Crippen LogP contribution in [0.5, 0.6) is 5.75 Å². The molecule has 0 radical (unpaired) electrons. The van der Waals surface area contributed by atoms with Crippen molar-refractivity contribution < 1.29 is 17.9 Å². The van der Waals surface area contributed by atoms with Gasteiger partial charge in [0, 0.05) is 11.6 Å². The molecule has 1 atom stereocenters. The highest BCUT2D eigenvalue weighted by molar-refractivity contribution is 5.85. The molecule has 2 aromatic rings. The van der Waals surface area contributed by atoms with E-state index in [1.165, 1.54) is 0 Å². The molecule has 0 heterocycles. The normalized spacial score (nSPS) is 12.4. The van der Waals surface area contributed by atoms with Gasteiger partial charge in [-0.1, -0.05) is 48.5 Å². The van der Waals surface area contributed by atoms with Crippen LogP contribution >= 0.6 is 12.4 Å². The molecule has 0 aromatic heterocycles. The van der Waals surface area contributed by atoms with Crippen LogP contribution in [-0.2, 0) is 6.61 Å². The molecule has 0 saturated carbocycles. The van der Waals surface area contributed by atoms with Gasteiger partial charge in [-0.25, -0.2) is 0 Å². The van der Waals surface area contributed by atoms with Gasteiger partial charge in [-0.05, 0) is 11.6 Å². The van der Waals surface area contributed by atoms with E-state index in [9.17, 15) is 13.2 Å². The monoisotopic (exact) mass is 331 g/mol. The van der Waals surface area contributed by atoms with E-state index in [0.29, 0.717) is 11.3 Å². The molecular weight excluding hydrogens is 315 g/mol. The molecule has 0 unspecified atom stereocenters. The lowest BCUT2D eigenvalue weighted by molar-refractivity contribution is -0.138. The van der Waals surface area contributed by atoms with Crippen LogP contribution in [-0.4, -0.2) is 6.18 Å². The molecule has 0 fully saturated rings. The van der Waals surface area contributed by atoms with Gasteiger partial charge in [0.2, 0.25) is 0 Å². The molecule has 0 aliphatic rings. The first-order chi connectivity index (χ1) is 9.96. The Morgan fingerprint density at radius 2 is 1.55 bits per heavy atom. The molecule has 0 amide bonds.